The molecule has 0 saturated heterocycles. The Morgan fingerprint density at radius 1 is 1.04 bits per heavy atom. The monoisotopic (exact) mass is 646 g/mol. The quantitative estimate of drug-likeness (QED) is 0.185. The Morgan fingerprint density at radius 2 is 1.80 bits per heavy atom. The van der Waals surface area contributed by atoms with Crippen LogP contribution in [0.4, 0.5) is 0 Å². The van der Waals surface area contributed by atoms with E-state index in [9.17, 15) is 9.59 Å². The van der Waals surface area contributed by atoms with Gasteiger partial charge in [-0.05, 0) is 60.0 Å². The molecule has 4 heterocycles. The van der Waals surface area contributed by atoms with Gasteiger partial charge in [-0.1, -0.05) is 91.9 Å². The van der Waals surface area contributed by atoms with E-state index in [-0.39, 0.29) is 12.2 Å². The fraction of sp³-hybridized carbons (Fsp3) is 0.167. The maximum absolute atomic E-state index is 14.2. The summed E-state index contributed by atoms with van der Waals surface area (Å²) in [4.78, 5) is 41.2. The lowest BCUT2D eigenvalue weighted by molar-refractivity contribution is -0.138. The van der Waals surface area contributed by atoms with E-state index in [1.807, 2.05) is 91.0 Å². The third-order valence-electron chi connectivity index (χ3n) is 7.73. The summed E-state index contributed by atoms with van der Waals surface area (Å²) in [5, 5.41) is 1.35. The summed E-state index contributed by atoms with van der Waals surface area (Å²) < 4.78 is 13.7. The van der Waals surface area contributed by atoms with Crippen molar-refractivity contribution in [3.8, 4) is 0 Å². The van der Waals surface area contributed by atoms with Gasteiger partial charge in [0.25, 0.3) is 5.56 Å². The van der Waals surface area contributed by atoms with Crippen LogP contribution in [0.3, 0.4) is 0 Å². The summed E-state index contributed by atoms with van der Waals surface area (Å²) in [5.41, 5.74) is 5.11. The molecule has 46 heavy (non-hydrogen) atoms. The predicted molar refractivity (Wildman–Crippen MR) is 181 cm³/mol. The van der Waals surface area contributed by atoms with Crippen LogP contribution in [0.25, 0.3) is 22.8 Å². The first-order valence-corrected chi connectivity index (χ1v) is 16.6. The SMILES string of the molecule is CCOC(=O)C1=C(c2ccccc2)N=c2s/c(=C/c3ccc(Sc4nc5ccccc5[nH]4)o3)c(=O)n2[C@@H]1c1ccc(C(C)C)cc1. The number of nitrogens with one attached hydrogen (secondary N) is 1. The van der Waals surface area contributed by atoms with Crippen LogP contribution in [0, 0.1) is 0 Å². The minimum Gasteiger partial charge on any atom is -0.463 e. The van der Waals surface area contributed by atoms with E-state index >= 15 is 0 Å². The molecule has 0 saturated carbocycles. The Balaban J connectivity index is 1.35. The Morgan fingerprint density at radius 3 is 2.54 bits per heavy atom. The summed E-state index contributed by atoms with van der Waals surface area (Å²) in [6, 6.07) is 28.4. The number of benzene rings is 3. The molecule has 0 unspecified atom stereocenters. The number of aromatic nitrogens is 3. The average molecular weight is 647 g/mol. The van der Waals surface area contributed by atoms with Crippen molar-refractivity contribution < 1.29 is 13.9 Å². The molecule has 1 aliphatic rings. The normalized spacial score (nSPS) is 15.0. The largest absolute Gasteiger partial charge is 0.463 e. The molecule has 0 radical (unpaired) electrons. The molecule has 1 N–H and O–H groups in total. The van der Waals surface area contributed by atoms with Gasteiger partial charge in [-0.2, -0.15) is 0 Å². The van der Waals surface area contributed by atoms with Gasteiger partial charge in [-0.25, -0.2) is 14.8 Å². The van der Waals surface area contributed by atoms with E-state index in [1.165, 1.54) is 23.1 Å². The highest BCUT2D eigenvalue weighted by atomic mass is 32.2. The fourth-order valence-corrected chi connectivity index (χ4v) is 7.24. The average Bonchev–Trinajstić information content (AvgIpc) is 3.77. The summed E-state index contributed by atoms with van der Waals surface area (Å²) in [6.07, 6.45) is 1.72. The summed E-state index contributed by atoms with van der Waals surface area (Å²) in [7, 11) is 0. The van der Waals surface area contributed by atoms with Crippen molar-refractivity contribution >= 4 is 51.9 Å². The van der Waals surface area contributed by atoms with Crippen molar-refractivity contribution in [3.05, 3.63) is 139 Å². The van der Waals surface area contributed by atoms with Crippen LogP contribution in [-0.2, 0) is 9.53 Å². The number of fused-ring (bicyclic) bond motifs is 2. The van der Waals surface area contributed by atoms with Crippen LogP contribution in [0.2, 0.25) is 0 Å². The van der Waals surface area contributed by atoms with Gasteiger partial charge in [0.1, 0.15) is 5.76 Å². The van der Waals surface area contributed by atoms with Gasteiger partial charge in [-0.3, -0.25) is 9.36 Å². The molecule has 7 rings (SSSR count). The number of hydrogen-bond donors (Lipinski definition) is 1. The highest BCUT2D eigenvalue weighted by Gasteiger charge is 2.35. The molecule has 0 fully saturated rings. The van der Waals surface area contributed by atoms with Gasteiger partial charge in [0.2, 0.25) is 0 Å². The number of H-pyrrole nitrogens is 1. The molecule has 230 valence electrons. The molecule has 0 amide bonds. The van der Waals surface area contributed by atoms with Gasteiger partial charge >= 0.3 is 5.97 Å². The fourth-order valence-electron chi connectivity index (χ4n) is 5.49. The third-order valence-corrected chi connectivity index (χ3v) is 9.52. The number of esters is 1. The first-order valence-electron chi connectivity index (χ1n) is 15.0. The van der Waals surface area contributed by atoms with Crippen LogP contribution in [0.15, 0.2) is 121 Å². The molecule has 3 aromatic carbocycles. The van der Waals surface area contributed by atoms with Crippen LogP contribution >= 0.6 is 23.1 Å². The standard InChI is InChI=1S/C36H30N4O4S2/c1-4-43-34(42)30-31(23-10-6-5-7-11-23)39-36-40(32(30)24-16-14-22(15-17-24)21(2)3)33(41)28(45-36)20-25-18-19-29(44-25)46-35-37-26-12-8-9-13-27(26)38-35/h5-21,32H,4H2,1-3H3,(H,37,38)/b28-20+/t32-/m1/s1. The Hall–Kier alpha value is -4.93. The number of para-hydroxylation sites is 2. The molecule has 6 aromatic rings. The van der Waals surface area contributed by atoms with Gasteiger partial charge in [-0.15, -0.1) is 0 Å². The van der Waals surface area contributed by atoms with Crippen molar-refractivity contribution in [1.29, 1.82) is 0 Å². The maximum Gasteiger partial charge on any atom is 0.338 e. The molecule has 0 spiro atoms. The summed E-state index contributed by atoms with van der Waals surface area (Å²) in [5.74, 6) is 0.351. The second-order valence-electron chi connectivity index (χ2n) is 11.1. The summed E-state index contributed by atoms with van der Waals surface area (Å²) >= 11 is 2.63. The van der Waals surface area contributed by atoms with Crippen LogP contribution in [-0.4, -0.2) is 27.1 Å². The smallest absolute Gasteiger partial charge is 0.338 e. The van der Waals surface area contributed by atoms with E-state index in [0.717, 1.165) is 27.7 Å². The molecule has 3 aromatic heterocycles. The number of furan rings is 1. The maximum atomic E-state index is 14.2. The topological polar surface area (TPSA) is 102 Å². The Kier molecular flexibility index (Phi) is 8.06. The van der Waals surface area contributed by atoms with Gasteiger partial charge in [0.15, 0.2) is 15.1 Å². The van der Waals surface area contributed by atoms with E-state index in [1.54, 1.807) is 17.6 Å². The number of hydrogen-bond acceptors (Lipinski definition) is 8. The molecule has 0 bridgehead atoms. The second-order valence-corrected chi connectivity index (χ2v) is 13.1. The molecule has 0 aliphatic carbocycles. The second kappa shape index (κ2) is 12.5. The minimum absolute atomic E-state index is 0.195. The number of thiazole rings is 1. The van der Waals surface area contributed by atoms with Crippen molar-refractivity contribution in [2.45, 2.75) is 43.0 Å². The van der Waals surface area contributed by atoms with Crippen LogP contribution < -0.4 is 14.9 Å². The number of aromatic amines is 1. The minimum atomic E-state index is -0.732. The lowest BCUT2D eigenvalue weighted by Gasteiger charge is -2.26. The van der Waals surface area contributed by atoms with Gasteiger partial charge in [0, 0.05) is 11.6 Å². The lowest BCUT2D eigenvalue weighted by atomic mass is 9.91. The number of carbonyl (C=O) groups is 1. The van der Waals surface area contributed by atoms with Crippen molar-refractivity contribution in [1.82, 2.24) is 14.5 Å². The molecular formula is C36H30N4O4S2. The third kappa shape index (κ3) is 5.65. The van der Waals surface area contributed by atoms with E-state index in [4.69, 9.17) is 14.1 Å². The first kappa shape index (κ1) is 29.8. The van der Waals surface area contributed by atoms with E-state index in [0.29, 0.717) is 42.5 Å². The molecule has 1 aliphatic heterocycles. The molecule has 1 atom stereocenters. The first-order chi connectivity index (χ1) is 22.4. The van der Waals surface area contributed by atoms with Crippen molar-refractivity contribution in [3.63, 3.8) is 0 Å². The number of carbonyl (C=O) groups excluding carboxylic acids is 1. The predicted octanol–water partition coefficient (Wildman–Crippen LogP) is 6.68. The Bertz CT molecular complexity index is 2240. The molecule has 8 nitrogen and oxygen atoms in total. The van der Waals surface area contributed by atoms with Gasteiger partial charge < -0.3 is 14.1 Å². The highest BCUT2D eigenvalue weighted by Crippen LogP contribution is 2.36. The number of rotatable bonds is 8. The van der Waals surface area contributed by atoms with E-state index in [2.05, 4.69) is 23.8 Å². The van der Waals surface area contributed by atoms with Gasteiger partial charge in [0.05, 0.1) is 39.5 Å². The van der Waals surface area contributed by atoms with Crippen LogP contribution in [0.5, 0.6) is 0 Å². The zero-order chi connectivity index (χ0) is 31.8. The summed E-state index contributed by atoms with van der Waals surface area (Å²) in [6.45, 7) is 6.22. The number of imidazole rings is 1. The number of ether oxygens (including phenoxy) is 1. The van der Waals surface area contributed by atoms with Crippen molar-refractivity contribution in [2.24, 2.45) is 4.99 Å². The lowest BCUT2D eigenvalue weighted by Crippen LogP contribution is -2.40. The zero-order valence-corrected chi connectivity index (χ0v) is 27.0. The van der Waals surface area contributed by atoms with Crippen LogP contribution in [0.1, 0.15) is 55.2 Å². The zero-order valence-electron chi connectivity index (χ0n) is 25.4. The molecule has 10 heteroatoms. The Labute approximate surface area is 272 Å². The van der Waals surface area contributed by atoms with Crippen molar-refractivity contribution in [2.75, 3.05) is 6.61 Å². The highest BCUT2D eigenvalue weighted by molar-refractivity contribution is 7.99. The molecular weight excluding hydrogens is 617 g/mol. The van der Waals surface area contributed by atoms with E-state index < -0.39 is 12.0 Å². The number of nitrogens with zero attached hydrogens (tertiary/aromatic N) is 3.